The number of benzene rings is 1. The minimum atomic E-state index is -1.23. The van der Waals surface area contributed by atoms with Gasteiger partial charge < -0.3 is 35.1 Å². The Morgan fingerprint density at radius 3 is 2.73 bits per heavy atom. The van der Waals surface area contributed by atoms with Crippen molar-refractivity contribution in [3.63, 3.8) is 0 Å². The minimum Gasteiger partial charge on any atom is -0.394 e. The van der Waals surface area contributed by atoms with Gasteiger partial charge in [-0.1, -0.05) is 18.2 Å². The van der Waals surface area contributed by atoms with Gasteiger partial charge in [0.15, 0.2) is 17.7 Å². The molecule has 2 aliphatic rings. The maximum Gasteiger partial charge on any atom is 0.280 e. The number of fused-ring (bicyclic) bond motifs is 2. The molecule has 11 nitrogen and oxygen atoms in total. The van der Waals surface area contributed by atoms with Crippen molar-refractivity contribution in [1.82, 2.24) is 19.5 Å². The molecular weight excluding hydrogens is 392 g/mol. The van der Waals surface area contributed by atoms with Gasteiger partial charge in [-0.05, 0) is 12.1 Å². The van der Waals surface area contributed by atoms with Crippen LogP contribution in [-0.2, 0) is 18.9 Å². The highest BCUT2D eigenvalue weighted by Crippen LogP contribution is 2.44. The first kappa shape index (κ1) is 19.2. The summed E-state index contributed by atoms with van der Waals surface area (Å²) in [7, 11) is 1.49. The first-order valence-electron chi connectivity index (χ1n) is 9.50. The lowest BCUT2D eigenvalue weighted by molar-refractivity contribution is -0.336. The molecule has 30 heavy (non-hydrogen) atoms. The summed E-state index contributed by atoms with van der Waals surface area (Å²) in [6.45, 7) is 1.44. The van der Waals surface area contributed by atoms with Gasteiger partial charge in [-0.2, -0.15) is 9.97 Å². The van der Waals surface area contributed by atoms with E-state index in [4.69, 9.17) is 24.7 Å². The summed E-state index contributed by atoms with van der Waals surface area (Å²) in [4.78, 5) is 13.2. The van der Waals surface area contributed by atoms with Crippen LogP contribution in [0.3, 0.4) is 0 Å². The van der Waals surface area contributed by atoms with Crippen molar-refractivity contribution < 1.29 is 24.1 Å². The third-order valence-electron chi connectivity index (χ3n) is 5.29. The Balaban J connectivity index is 1.53. The van der Waals surface area contributed by atoms with Gasteiger partial charge in [-0.15, -0.1) is 0 Å². The first-order chi connectivity index (χ1) is 14.5. The van der Waals surface area contributed by atoms with E-state index in [1.165, 1.54) is 7.11 Å². The summed E-state index contributed by atoms with van der Waals surface area (Å²) in [5, 5.41) is 12.9. The van der Waals surface area contributed by atoms with Crippen LogP contribution in [0.1, 0.15) is 13.2 Å². The van der Waals surface area contributed by atoms with Crippen LogP contribution in [0.5, 0.6) is 0 Å². The number of anilines is 3. The number of hydrogen-bond donors (Lipinski definition) is 3. The molecule has 5 atom stereocenters. The van der Waals surface area contributed by atoms with Crippen molar-refractivity contribution in [2.45, 2.75) is 37.4 Å². The Morgan fingerprint density at radius 2 is 2.00 bits per heavy atom. The van der Waals surface area contributed by atoms with E-state index in [1.807, 2.05) is 30.3 Å². The Hall–Kier alpha value is -2.83. The fraction of sp³-hybridized carbons (Fsp3) is 0.421. The summed E-state index contributed by atoms with van der Waals surface area (Å²) >= 11 is 0. The van der Waals surface area contributed by atoms with Crippen molar-refractivity contribution >= 4 is 28.6 Å². The molecule has 1 aromatic carbocycles. The highest BCUT2D eigenvalue weighted by molar-refractivity contribution is 5.83. The topological polar surface area (TPSA) is 139 Å². The summed E-state index contributed by atoms with van der Waals surface area (Å²) in [6.07, 6.45) is -0.715. The van der Waals surface area contributed by atoms with Gasteiger partial charge in [0.2, 0.25) is 5.95 Å². The molecule has 5 rings (SSSR count). The maximum absolute atomic E-state index is 9.76. The molecule has 4 N–H and O–H groups in total. The van der Waals surface area contributed by atoms with Gasteiger partial charge in [0, 0.05) is 19.7 Å². The smallest absolute Gasteiger partial charge is 0.280 e. The Kier molecular flexibility index (Phi) is 4.56. The highest BCUT2D eigenvalue weighted by Gasteiger charge is 2.58. The molecule has 11 heteroatoms. The number of aromatic nitrogens is 4. The number of nitrogen functional groups attached to an aromatic ring is 1. The van der Waals surface area contributed by atoms with E-state index in [0.717, 1.165) is 5.69 Å². The second kappa shape index (κ2) is 7.15. The van der Waals surface area contributed by atoms with E-state index in [-0.39, 0.29) is 12.4 Å². The Morgan fingerprint density at radius 1 is 1.23 bits per heavy atom. The number of nitrogens with two attached hydrogens (primary N) is 1. The minimum absolute atomic E-state index is 0.231. The number of imidazole rings is 1. The van der Waals surface area contributed by atoms with Crippen molar-refractivity contribution in [2.75, 3.05) is 24.8 Å². The van der Waals surface area contributed by atoms with E-state index in [2.05, 4.69) is 20.3 Å². The number of methoxy groups -OCH3 is 1. The number of para-hydroxylation sites is 1. The molecule has 2 aromatic heterocycles. The van der Waals surface area contributed by atoms with Crippen LogP contribution < -0.4 is 11.1 Å². The Labute approximate surface area is 171 Å². The number of nitrogens with zero attached hydrogens (tertiary/aromatic N) is 4. The molecule has 1 unspecified atom stereocenters. The third-order valence-corrected chi connectivity index (χ3v) is 5.29. The molecule has 3 aromatic rings. The first-order valence-corrected chi connectivity index (χ1v) is 9.50. The van der Waals surface area contributed by atoms with Gasteiger partial charge in [0.1, 0.15) is 23.8 Å². The van der Waals surface area contributed by atoms with Gasteiger partial charge in [-0.3, -0.25) is 4.57 Å². The predicted molar refractivity (Wildman–Crippen MR) is 106 cm³/mol. The lowest BCUT2D eigenvalue weighted by Gasteiger charge is -2.25. The van der Waals surface area contributed by atoms with Gasteiger partial charge >= 0.3 is 0 Å². The molecular formula is C19H22N6O5. The van der Waals surface area contributed by atoms with Crippen molar-refractivity contribution in [3.05, 3.63) is 36.7 Å². The van der Waals surface area contributed by atoms with E-state index in [1.54, 1.807) is 17.8 Å². The zero-order valence-corrected chi connectivity index (χ0v) is 16.4. The third kappa shape index (κ3) is 3.07. The molecule has 0 radical (unpaired) electrons. The molecule has 2 saturated heterocycles. The quantitative estimate of drug-likeness (QED) is 0.557. The zero-order chi connectivity index (χ0) is 20.9. The lowest BCUT2D eigenvalue weighted by atomic mass is 10.1. The predicted octanol–water partition coefficient (Wildman–Crippen LogP) is 1.15. The monoisotopic (exact) mass is 414 g/mol. The lowest BCUT2D eigenvalue weighted by Crippen LogP contribution is -2.34. The average Bonchev–Trinajstić information content (AvgIpc) is 3.40. The summed E-state index contributed by atoms with van der Waals surface area (Å²) < 4.78 is 24.9. The summed E-state index contributed by atoms with van der Waals surface area (Å²) in [6, 6.07) is 9.52. The standard InChI is InChI=1S/C19H22N6O5/c1-19(27-2)29-13-11(8-26)28-17(14(13)30-19)25-9-21-12-15(20)23-18(24-16(12)25)22-10-6-4-3-5-7-10/h3-7,9,11,13-14,17,26H,8H2,1-2H3,(H3,20,22,23,24)/t11-,13-,14-,17-,19?/m1/s1. The number of ether oxygens (including phenoxy) is 4. The molecule has 2 fully saturated rings. The Bertz CT molecular complexity index is 1060. The van der Waals surface area contributed by atoms with Crippen molar-refractivity contribution in [2.24, 2.45) is 0 Å². The largest absolute Gasteiger partial charge is 0.394 e. The molecule has 158 valence electrons. The van der Waals surface area contributed by atoms with E-state index in [9.17, 15) is 5.11 Å². The molecule has 0 amide bonds. The van der Waals surface area contributed by atoms with Crippen LogP contribution in [0.25, 0.3) is 11.2 Å². The number of nitrogens with one attached hydrogen (secondary N) is 1. The summed E-state index contributed by atoms with van der Waals surface area (Å²) in [5.74, 6) is -0.669. The van der Waals surface area contributed by atoms with Crippen LogP contribution in [0.4, 0.5) is 17.5 Å². The van der Waals surface area contributed by atoms with E-state index < -0.39 is 30.5 Å². The SMILES string of the molecule is COC1(C)O[C@@H]2[C@H](O1)[C@@H](CO)O[C@H]2n1cnc2c(N)nc(Nc3ccccc3)nc21. The van der Waals surface area contributed by atoms with Gasteiger partial charge in [-0.25, -0.2) is 4.98 Å². The fourth-order valence-corrected chi connectivity index (χ4v) is 3.80. The normalized spacial score (nSPS) is 30.6. The van der Waals surface area contributed by atoms with Crippen LogP contribution in [0.15, 0.2) is 36.7 Å². The molecule has 4 heterocycles. The maximum atomic E-state index is 9.76. The number of aliphatic hydroxyl groups is 1. The highest BCUT2D eigenvalue weighted by atomic mass is 16.9. The van der Waals surface area contributed by atoms with Crippen LogP contribution in [-0.4, -0.2) is 62.6 Å². The molecule has 0 saturated carbocycles. The number of rotatable bonds is 5. The van der Waals surface area contributed by atoms with Crippen molar-refractivity contribution in [1.29, 1.82) is 0 Å². The molecule has 2 aliphatic heterocycles. The number of hydrogen-bond acceptors (Lipinski definition) is 10. The van der Waals surface area contributed by atoms with Gasteiger partial charge in [0.05, 0.1) is 12.9 Å². The summed E-state index contributed by atoms with van der Waals surface area (Å²) in [5.41, 5.74) is 7.86. The van der Waals surface area contributed by atoms with Crippen LogP contribution in [0, 0.1) is 0 Å². The molecule has 0 bridgehead atoms. The average molecular weight is 414 g/mol. The zero-order valence-electron chi connectivity index (χ0n) is 16.4. The van der Waals surface area contributed by atoms with Crippen molar-refractivity contribution in [3.8, 4) is 0 Å². The molecule has 0 spiro atoms. The second-order valence-electron chi connectivity index (χ2n) is 7.23. The fourth-order valence-electron chi connectivity index (χ4n) is 3.80. The molecule has 0 aliphatic carbocycles. The van der Waals surface area contributed by atoms with Crippen LogP contribution >= 0.6 is 0 Å². The van der Waals surface area contributed by atoms with Gasteiger partial charge in [0.25, 0.3) is 5.97 Å². The van der Waals surface area contributed by atoms with E-state index in [0.29, 0.717) is 17.1 Å². The van der Waals surface area contributed by atoms with Crippen LogP contribution in [0.2, 0.25) is 0 Å². The number of aliphatic hydroxyl groups excluding tert-OH is 1. The van der Waals surface area contributed by atoms with E-state index >= 15 is 0 Å². The second-order valence-corrected chi connectivity index (χ2v) is 7.23.